The number of carbonyl (C=O) groups is 1. The van der Waals surface area contributed by atoms with Gasteiger partial charge in [-0.1, -0.05) is 6.92 Å². The summed E-state index contributed by atoms with van der Waals surface area (Å²) >= 11 is 0. The van der Waals surface area contributed by atoms with Gasteiger partial charge in [0.1, 0.15) is 0 Å². The van der Waals surface area contributed by atoms with Gasteiger partial charge in [-0.2, -0.15) is 0 Å². The molecule has 0 spiro atoms. The van der Waals surface area contributed by atoms with E-state index in [2.05, 4.69) is 0 Å². The third kappa shape index (κ3) is 3.18. The average molecular weight is 216 g/mol. The fourth-order valence-electron chi connectivity index (χ4n) is 2.12. The Bertz CT molecular complexity index is 205. The quantitative estimate of drug-likeness (QED) is 0.700. The summed E-state index contributed by atoms with van der Waals surface area (Å²) in [5, 5.41) is 8.79. The molecular weight excluding hydrogens is 196 g/mol. The van der Waals surface area contributed by atoms with Crippen LogP contribution in [-0.4, -0.2) is 37.0 Å². The lowest BCUT2D eigenvalue weighted by Gasteiger charge is -2.20. The molecule has 0 aromatic rings. The monoisotopic (exact) mass is 216 g/mol. The Morgan fingerprint density at radius 2 is 2.33 bits per heavy atom. The van der Waals surface area contributed by atoms with Crippen LogP contribution in [0.2, 0.25) is 0 Å². The van der Waals surface area contributed by atoms with Gasteiger partial charge in [0, 0.05) is 6.61 Å². The number of aliphatic hydroxyl groups excluding tert-OH is 1. The predicted molar refractivity (Wildman–Crippen MR) is 55.4 cm³/mol. The summed E-state index contributed by atoms with van der Waals surface area (Å²) in [6.07, 6.45) is 3.30. The number of ether oxygens (including phenoxy) is 2. The van der Waals surface area contributed by atoms with Crippen LogP contribution in [0.15, 0.2) is 0 Å². The number of esters is 1. The fourth-order valence-corrected chi connectivity index (χ4v) is 2.12. The van der Waals surface area contributed by atoms with Crippen molar-refractivity contribution < 1.29 is 19.4 Å². The molecule has 1 aliphatic heterocycles. The molecule has 0 amide bonds. The summed E-state index contributed by atoms with van der Waals surface area (Å²) in [5.74, 6) is -0.342. The van der Waals surface area contributed by atoms with Crippen LogP contribution in [0.3, 0.4) is 0 Å². The number of methoxy groups -OCH3 is 1. The first kappa shape index (κ1) is 12.5. The van der Waals surface area contributed by atoms with Crippen LogP contribution >= 0.6 is 0 Å². The Hall–Kier alpha value is -0.610. The second-order valence-electron chi connectivity index (χ2n) is 3.92. The van der Waals surface area contributed by atoms with Crippen molar-refractivity contribution in [2.75, 3.05) is 13.7 Å². The maximum absolute atomic E-state index is 11.4. The molecule has 1 rings (SSSR count). The summed E-state index contributed by atoms with van der Waals surface area (Å²) in [6, 6.07) is 0. The predicted octanol–water partition coefficient (Wildman–Crippen LogP) is 1.12. The summed E-state index contributed by atoms with van der Waals surface area (Å²) in [7, 11) is 1.41. The van der Waals surface area contributed by atoms with Gasteiger partial charge in [-0.15, -0.1) is 0 Å². The van der Waals surface area contributed by atoms with Crippen molar-refractivity contribution in [1.82, 2.24) is 0 Å². The van der Waals surface area contributed by atoms with Crippen LogP contribution < -0.4 is 0 Å². The number of rotatable bonds is 5. The highest BCUT2D eigenvalue weighted by Crippen LogP contribution is 2.29. The van der Waals surface area contributed by atoms with Crippen LogP contribution in [0.4, 0.5) is 0 Å². The number of hydrogen-bond acceptors (Lipinski definition) is 4. The van der Waals surface area contributed by atoms with Crippen LogP contribution in [-0.2, 0) is 14.3 Å². The summed E-state index contributed by atoms with van der Waals surface area (Å²) in [5.41, 5.74) is 0. The summed E-state index contributed by atoms with van der Waals surface area (Å²) in [6.45, 7) is 2.11. The average Bonchev–Trinajstić information content (AvgIpc) is 2.68. The molecule has 0 saturated carbocycles. The Morgan fingerprint density at radius 1 is 1.60 bits per heavy atom. The van der Waals surface area contributed by atoms with E-state index in [-0.39, 0.29) is 30.7 Å². The smallest absolute Gasteiger partial charge is 0.311 e. The lowest BCUT2D eigenvalue weighted by atomic mass is 9.97. The van der Waals surface area contributed by atoms with Crippen molar-refractivity contribution in [2.45, 2.75) is 44.8 Å². The van der Waals surface area contributed by atoms with E-state index >= 15 is 0 Å². The zero-order valence-corrected chi connectivity index (χ0v) is 9.44. The molecular formula is C11H20O4. The molecule has 1 aliphatic rings. The molecule has 0 aliphatic carbocycles. The molecule has 15 heavy (non-hydrogen) atoms. The van der Waals surface area contributed by atoms with Gasteiger partial charge >= 0.3 is 5.97 Å². The van der Waals surface area contributed by atoms with E-state index < -0.39 is 0 Å². The minimum absolute atomic E-state index is 0.0287. The Kier molecular flexibility index (Phi) is 5.05. The highest BCUT2D eigenvalue weighted by atomic mass is 16.5. The first-order chi connectivity index (χ1) is 7.22. The van der Waals surface area contributed by atoms with E-state index in [1.54, 1.807) is 0 Å². The molecule has 3 atom stereocenters. The molecule has 0 radical (unpaired) electrons. The molecule has 0 bridgehead atoms. The zero-order chi connectivity index (χ0) is 11.3. The van der Waals surface area contributed by atoms with Crippen LogP contribution in [0.1, 0.15) is 32.6 Å². The lowest BCUT2D eigenvalue weighted by molar-refractivity contribution is -0.151. The van der Waals surface area contributed by atoms with Crippen molar-refractivity contribution in [3.8, 4) is 0 Å². The van der Waals surface area contributed by atoms with Gasteiger partial charge in [-0.3, -0.25) is 4.79 Å². The van der Waals surface area contributed by atoms with Gasteiger partial charge in [0.2, 0.25) is 0 Å². The molecule has 1 saturated heterocycles. The van der Waals surface area contributed by atoms with E-state index in [1.165, 1.54) is 7.11 Å². The first-order valence-corrected chi connectivity index (χ1v) is 5.57. The minimum atomic E-state index is -0.188. The Balaban J connectivity index is 2.46. The molecule has 4 heteroatoms. The van der Waals surface area contributed by atoms with Crippen molar-refractivity contribution in [1.29, 1.82) is 0 Å². The van der Waals surface area contributed by atoms with Crippen molar-refractivity contribution in [2.24, 2.45) is 5.92 Å². The van der Waals surface area contributed by atoms with Gasteiger partial charge in [-0.25, -0.2) is 0 Å². The number of aliphatic hydroxyl groups is 1. The van der Waals surface area contributed by atoms with E-state index in [9.17, 15) is 4.79 Å². The normalized spacial score (nSPS) is 27.7. The largest absolute Gasteiger partial charge is 0.469 e. The Labute approximate surface area is 90.6 Å². The van der Waals surface area contributed by atoms with Gasteiger partial charge in [0.15, 0.2) is 0 Å². The first-order valence-electron chi connectivity index (χ1n) is 5.57. The fraction of sp³-hybridized carbons (Fsp3) is 0.909. The summed E-state index contributed by atoms with van der Waals surface area (Å²) in [4.78, 5) is 11.4. The molecule has 1 fully saturated rings. The van der Waals surface area contributed by atoms with Crippen LogP contribution in [0.5, 0.6) is 0 Å². The SMILES string of the molecule is CC[C@H](C(=O)OC)[C@H]1CC[C@@H](CCO)O1. The second-order valence-corrected chi connectivity index (χ2v) is 3.92. The third-order valence-corrected chi connectivity index (χ3v) is 2.98. The molecule has 1 heterocycles. The van der Waals surface area contributed by atoms with E-state index in [1.807, 2.05) is 6.92 Å². The minimum Gasteiger partial charge on any atom is -0.469 e. The highest BCUT2D eigenvalue weighted by molar-refractivity contribution is 5.72. The number of hydrogen-bond donors (Lipinski definition) is 1. The van der Waals surface area contributed by atoms with E-state index in [0.717, 1.165) is 19.3 Å². The third-order valence-electron chi connectivity index (χ3n) is 2.98. The lowest BCUT2D eigenvalue weighted by Crippen LogP contribution is -2.29. The van der Waals surface area contributed by atoms with Gasteiger partial charge in [-0.05, 0) is 25.7 Å². The van der Waals surface area contributed by atoms with Crippen molar-refractivity contribution in [3.05, 3.63) is 0 Å². The highest BCUT2D eigenvalue weighted by Gasteiger charge is 2.34. The zero-order valence-electron chi connectivity index (χ0n) is 9.44. The van der Waals surface area contributed by atoms with Crippen LogP contribution in [0, 0.1) is 5.92 Å². The van der Waals surface area contributed by atoms with E-state index in [4.69, 9.17) is 14.6 Å². The topological polar surface area (TPSA) is 55.8 Å². The van der Waals surface area contributed by atoms with Crippen molar-refractivity contribution in [3.63, 3.8) is 0 Å². The molecule has 0 aromatic carbocycles. The van der Waals surface area contributed by atoms with Gasteiger partial charge in [0.25, 0.3) is 0 Å². The molecule has 88 valence electrons. The maximum atomic E-state index is 11.4. The summed E-state index contributed by atoms with van der Waals surface area (Å²) < 4.78 is 10.5. The second kappa shape index (κ2) is 6.08. The van der Waals surface area contributed by atoms with Crippen LogP contribution in [0.25, 0.3) is 0 Å². The van der Waals surface area contributed by atoms with E-state index in [0.29, 0.717) is 6.42 Å². The number of carbonyl (C=O) groups excluding carboxylic acids is 1. The Morgan fingerprint density at radius 3 is 2.87 bits per heavy atom. The molecule has 1 N–H and O–H groups in total. The standard InChI is InChI=1S/C11H20O4/c1-3-9(11(13)14-2)10-5-4-8(15-10)6-7-12/h8-10,12H,3-7H2,1-2H3/t8-,9-,10+/m0/s1. The molecule has 4 nitrogen and oxygen atoms in total. The van der Waals surface area contributed by atoms with Crippen molar-refractivity contribution >= 4 is 5.97 Å². The molecule has 0 unspecified atom stereocenters. The maximum Gasteiger partial charge on any atom is 0.311 e. The molecule has 0 aromatic heterocycles. The van der Waals surface area contributed by atoms with Gasteiger partial charge in [0.05, 0.1) is 25.2 Å². The van der Waals surface area contributed by atoms with Gasteiger partial charge < -0.3 is 14.6 Å².